The lowest BCUT2D eigenvalue weighted by molar-refractivity contribution is -0.142. The Balaban J connectivity index is 2.28. The van der Waals surface area contributed by atoms with Gasteiger partial charge in [0.05, 0.1) is 6.42 Å². The average molecular weight is 262 g/mol. The average Bonchev–Trinajstić information content (AvgIpc) is 2.35. The van der Waals surface area contributed by atoms with Crippen molar-refractivity contribution >= 4 is 17.6 Å². The van der Waals surface area contributed by atoms with Crippen LogP contribution in [0.3, 0.4) is 0 Å². The zero-order valence-corrected chi connectivity index (χ0v) is 11.1. The first-order valence-electron chi connectivity index (χ1n) is 6.31. The Morgan fingerprint density at radius 3 is 2.58 bits per heavy atom. The van der Waals surface area contributed by atoms with Gasteiger partial charge < -0.3 is 10.0 Å². The van der Waals surface area contributed by atoms with Gasteiger partial charge in [-0.2, -0.15) is 0 Å². The van der Waals surface area contributed by atoms with E-state index in [0.29, 0.717) is 6.54 Å². The number of carboxylic acid groups (broad SMARTS) is 1. The molecule has 1 heterocycles. The molecule has 0 aromatic heterocycles. The highest BCUT2D eigenvalue weighted by atomic mass is 16.4. The number of anilines is 1. The third-order valence-electron chi connectivity index (χ3n) is 3.45. The number of carbonyl (C=O) groups is 2. The number of nitrogens with zero attached hydrogens (tertiary/aromatic N) is 2. The van der Waals surface area contributed by atoms with E-state index in [1.165, 1.54) is 0 Å². The third-order valence-corrected chi connectivity index (χ3v) is 3.45. The van der Waals surface area contributed by atoms with Crippen LogP contribution < -0.4 is 4.90 Å². The standard InChI is InChI=1S/C14H18N2O3/c1-10-9-15(2)12(8-13(17)18)14(19)16(10)11-6-4-3-5-7-11/h3-7,10,12H,8-9H2,1-2H3,(H,17,18). The van der Waals surface area contributed by atoms with Crippen molar-refractivity contribution in [3.05, 3.63) is 30.3 Å². The van der Waals surface area contributed by atoms with Gasteiger partial charge >= 0.3 is 5.97 Å². The summed E-state index contributed by atoms with van der Waals surface area (Å²) in [5.41, 5.74) is 0.823. The van der Waals surface area contributed by atoms with Crippen LogP contribution in [0.1, 0.15) is 13.3 Å². The van der Waals surface area contributed by atoms with E-state index in [2.05, 4.69) is 0 Å². The van der Waals surface area contributed by atoms with Crippen LogP contribution in [0.4, 0.5) is 5.69 Å². The molecule has 1 aromatic rings. The number of hydrogen-bond acceptors (Lipinski definition) is 3. The first-order chi connectivity index (χ1) is 9.00. The molecule has 0 bridgehead atoms. The van der Waals surface area contributed by atoms with Gasteiger partial charge in [-0.15, -0.1) is 0 Å². The largest absolute Gasteiger partial charge is 0.481 e. The van der Waals surface area contributed by atoms with E-state index in [4.69, 9.17) is 5.11 Å². The van der Waals surface area contributed by atoms with Crippen LogP contribution in [0.15, 0.2) is 30.3 Å². The van der Waals surface area contributed by atoms with Crippen molar-refractivity contribution in [2.24, 2.45) is 0 Å². The molecule has 2 unspecified atom stereocenters. The zero-order valence-electron chi connectivity index (χ0n) is 11.1. The molecule has 1 saturated heterocycles. The summed E-state index contributed by atoms with van der Waals surface area (Å²) in [4.78, 5) is 26.9. The molecule has 0 spiro atoms. The summed E-state index contributed by atoms with van der Waals surface area (Å²) in [6, 6.07) is 8.83. The van der Waals surface area contributed by atoms with Gasteiger partial charge in [0.25, 0.3) is 0 Å². The minimum absolute atomic E-state index is 0.0324. The Morgan fingerprint density at radius 1 is 1.37 bits per heavy atom. The molecule has 0 aliphatic carbocycles. The molecule has 102 valence electrons. The Hall–Kier alpha value is -1.88. The summed E-state index contributed by atoms with van der Waals surface area (Å²) in [7, 11) is 1.80. The first-order valence-corrected chi connectivity index (χ1v) is 6.31. The molecule has 1 aromatic carbocycles. The number of amides is 1. The van der Waals surface area contributed by atoms with Crippen LogP contribution in [-0.2, 0) is 9.59 Å². The number of rotatable bonds is 3. The first kappa shape index (κ1) is 13.5. The van der Waals surface area contributed by atoms with Crippen molar-refractivity contribution in [1.29, 1.82) is 0 Å². The van der Waals surface area contributed by atoms with E-state index in [0.717, 1.165) is 5.69 Å². The molecule has 19 heavy (non-hydrogen) atoms. The Labute approximate surface area is 112 Å². The minimum Gasteiger partial charge on any atom is -0.481 e. The molecule has 1 aliphatic heterocycles. The van der Waals surface area contributed by atoms with Crippen molar-refractivity contribution in [3.8, 4) is 0 Å². The summed E-state index contributed by atoms with van der Waals surface area (Å²) in [6.45, 7) is 2.64. The van der Waals surface area contributed by atoms with Gasteiger partial charge in [-0.25, -0.2) is 0 Å². The number of piperazine rings is 1. The van der Waals surface area contributed by atoms with Crippen molar-refractivity contribution < 1.29 is 14.7 Å². The molecule has 2 atom stereocenters. The monoisotopic (exact) mass is 262 g/mol. The lowest BCUT2D eigenvalue weighted by atomic mass is 10.0. The molecule has 2 rings (SSSR count). The van der Waals surface area contributed by atoms with Gasteiger partial charge in [-0.3, -0.25) is 14.5 Å². The van der Waals surface area contributed by atoms with Gasteiger partial charge in [0, 0.05) is 18.3 Å². The molecule has 0 radical (unpaired) electrons. The summed E-state index contributed by atoms with van der Waals surface area (Å²) in [6.07, 6.45) is -0.161. The molecule has 1 fully saturated rings. The van der Waals surface area contributed by atoms with Crippen LogP contribution in [0, 0.1) is 0 Å². The molecule has 1 amide bonds. The minimum atomic E-state index is -0.951. The van der Waals surface area contributed by atoms with Crippen LogP contribution in [-0.4, -0.2) is 47.6 Å². The van der Waals surface area contributed by atoms with E-state index in [-0.39, 0.29) is 18.4 Å². The number of hydrogen-bond donors (Lipinski definition) is 1. The third kappa shape index (κ3) is 2.76. The Bertz CT molecular complexity index is 475. The van der Waals surface area contributed by atoms with Crippen LogP contribution in [0.2, 0.25) is 0 Å². The predicted molar refractivity (Wildman–Crippen MR) is 72.1 cm³/mol. The topological polar surface area (TPSA) is 60.9 Å². The highest BCUT2D eigenvalue weighted by Gasteiger charge is 2.38. The smallest absolute Gasteiger partial charge is 0.305 e. The molecular weight excluding hydrogens is 244 g/mol. The lowest BCUT2D eigenvalue weighted by Gasteiger charge is -2.42. The fourth-order valence-corrected chi connectivity index (χ4v) is 2.57. The van der Waals surface area contributed by atoms with E-state index >= 15 is 0 Å². The Kier molecular flexibility index (Phi) is 3.85. The summed E-state index contributed by atoms with van der Waals surface area (Å²) >= 11 is 0. The van der Waals surface area contributed by atoms with Crippen LogP contribution in [0.25, 0.3) is 0 Å². The van der Waals surface area contributed by atoms with Gasteiger partial charge in [0.15, 0.2) is 0 Å². The summed E-state index contributed by atoms with van der Waals surface area (Å²) in [5.74, 6) is -1.09. The van der Waals surface area contributed by atoms with Crippen molar-refractivity contribution in [2.45, 2.75) is 25.4 Å². The maximum absolute atomic E-state index is 12.5. The van der Waals surface area contributed by atoms with Crippen molar-refractivity contribution in [2.75, 3.05) is 18.5 Å². The van der Waals surface area contributed by atoms with Gasteiger partial charge in [-0.05, 0) is 26.1 Å². The van der Waals surface area contributed by atoms with E-state index < -0.39 is 12.0 Å². The molecule has 5 nitrogen and oxygen atoms in total. The summed E-state index contributed by atoms with van der Waals surface area (Å²) in [5, 5.41) is 8.93. The molecule has 1 N–H and O–H groups in total. The summed E-state index contributed by atoms with van der Waals surface area (Å²) < 4.78 is 0. The highest BCUT2D eigenvalue weighted by molar-refractivity contribution is 6.00. The van der Waals surface area contributed by atoms with Crippen molar-refractivity contribution in [3.63, 3.8) is 0 Å². The fraction of sp³-hybridized carbons (Fsp3) is 0.429. The number of aliphatic carboxylic acids is 1. The number of benzene rings is 1. The molecule has 1 aliphatic rings. The second kappa shape index (κ2) is 5.40. The van der Waals surface area contributed by atoms with Gasteiger partial charge in [0.1, 0.15) is 6.04 Å². The second-order valence-corrected chi connectivity index (χ2v) is 4.95. The number of para-hydroxylation sites is 1. The number of carboxylic acids is 1. The number of likely N-dealkylation sites (N-methyl/N-ethyl adjacent to an activating group) is 1. The quantitative estimate of drug-likeness (QED) is 0.889. The van der Waals surface area contributed by atoms with E-state index in [1.807, 2.05) is 42.2 Å². The molecule has 0 saturated carbocycles. The van der Waals surface area contributed by atoms with Gasteiger partial charge in [-0.1, -0.05) is 18.2 Å². The fourth-order valence-electron chi connectivity index (χ4n) is 2.57. The number of carbonyl (C=O) groups excluding carboxylic acids is 1. The zero-order chi connectivity index (χ0) is 14.0. The maximum Gasteiger partial charge on any atom is 0.305 e. The highest BCUT2D eigenvalue weighted by Crippen LogP contribution is 2.24. The predicted octanol–water partition coefficient (Wildman–Crippen LogP) is 1.20. The van der Waals surface area contributed by atoms with Gasteiger partial charge in [0.2, 0.25) is 5.91 Å². The van der Waals surface area contributed by atoms with Crippen LogP contribution >= 0.6 is 0 Å². The van der Waals surface area contributed by atoms with Crippen LogP contribution in [0.5, 0.6) is 0 Å². The SMILES string of the molecule is CC1CN(C)C(CC(=O)O)C(=O)N1c1ccccc1. The molecular formula is C14H18N2O3. The lowest BCUT2D eigenvalue weighted by Crippen LogP contribution is -2.60. The maximum atomic E-state index is 12.5. The van der Waals surface area contributed by atoms with Crippen molar-refractivity contribution in [1.82, 2.24) is 4.90 Å². The normalized spacial score (nSPS) is 24.5. The Morgan fingerprint density at radius 2 is 2.00 bits per heavy atom. The van der Waals surface area contributed by atoms with E-state index in [9.17, 15) is 9.59 Å². The second-order valence-electron chi connectivity index (χ2n) is 4.95. The molecule has 5 heteroatoms. The van der Waals surface area contributed by atoms with E-state index in [1.54, 1.807) is 11.9 Å².